The summed E-state index contributed by atoms with van der Waals surface area (Å²) in [5.74, 6) is 0.332. The van der Waals surface area contributed by atoms with E-state index in [-0.39, 0.29) is 17.9 Å². The first-order valence-corrected chi connectivity index (χ1v) is 8.25. The monoisotopic (exact) mass is 331 g/mol. The van der Waals surface area contributed by atoms with Gasteiger partial charge in [0.15, 0.2) is 0 Å². The molecule has 0 radical (unpaired) electrons. The normalized spacial score (nSPS) is 24.5. The van der Waals surface area contributed by atoms with Crippen molar-refractivity contribution in [1.29, 1.82) is 0 Å². The average molecular weight is 332 g/mol. The molecule has 0 unspecified atom stereocenters. The highest BCUT2D eigenvalue weighted by molar-refractivity contribution is 6.30. The number of benzene rings is 1. The van der Waals surface area contributed by atoms with Crippen molar-refractivity contribution in [3.8, 4) is 5.69 Å². The molecule has 2 aromatic rings. The second-order valence-corrected chi connectivity index (χ2v) is 6.58. The van der Waals surface area contributed by atoms with Gasteiger partial charge in [-0.05, 0) is 37.1 Å². The molecule has 0 bridgehead atoms. The molecule has 0 saturated carbocycles. The van der Waals surface area contributed by atoms with Crippen molar-refractivity contribution in [3.05, 3.63) is 41.4 Å². The lowest BCUT2D eigenvalue weighted by atomic mass is 9.91. The van der Waals surface area contributed by atoms with Gasteiger partial charge in [-0.2, -0.15) is 5.10 Å². The Bertz CT molecular complexity index is 717. The molecule has 2 aliphatic heterocycles. The van der Waals surface area contributed by atoms with Crippen LogP contribution in [0.3, 0.4) is 0 Å². The molecule has 1 aromatic heterocycles. The van der Waals surface area contributed by atoms with Crippen LogP contribution < -0.4 is 5.32 Å². The lowest BCUT2D eigenvalue weighted by Gasteiger charge is -2.36. The van der Waals surface area contributed by atoms with Crippen LogP contribution in [0.5, 0.6) is 0 Å². The molecule has 1 amide bonds. The van der Waals surface area contributed by atoms with Crippen LogP contribution in [0, 0.1) is 5.92 Å². The van der Waals surface area contributed by atoms with Gasteiger partial charge in [-0.3, -0.25) is 9.69 Å². The lowest BCUT2D eigenvalue weighted by Crippen LogP contribution is -2.45. The zero-order chi connectivity index (χ0) is 15.8. The Morgan fingerprint density at radius 2 is 2.30 bits per heavy atom. The van der Waals surface area contributed by atoms with E-state index in [1.54, 1.807) is 11.0 Å². The number of likely N-dealkylation sites (tertiary alicyclic amines) is 1. The summed E-state index contributed by atoms with van der Waals surface area (Å²) in [4.78, 5) is 18.3. The Balaban J connectivity index is 1.63. The fourth-order valence-corrected chi connectivity index (χ4v) is 3.84. The van der Waals surface area contributed by atoms with Gasteiger partial charge >= 0.3 is 0 Å². The van der Waals surface area contributed by atoms with Gasteiger partial charge in [0.1, 0.15) is 12.7 Å². The quantitative estimate of drug-likeness (QED) is 0.928. The van der Waals surface area contributed by atoms with Gasteiger partial charge < -0.3 is 5.32 Å². The number of piperidine rings is 1. The molecule has 6 nitrogen and oxygen atoms in total. The van der Waals surface area contributed by atoms with E-state index in [0.717, 1.165) is 43.7 Å². The minimum absolute atomic E-state index is 0.130. The van der Waals surface area contributed by atoms with Crippen molar-refractivity contribution in [2.24, 2.45) is 5.92 Å². The Morgan fingerprint density at radius 3 is 3.13 bits per heavy atom. The van der Waals surface area contributed by atoms with Gasteiger partial charge in [0.2, 0.25) is 5.91 Å². The molecule has 2 fully saturated rings. The third kappa shape index (κ3) is 2.72. The number of hydrogen-bond donors (Lipinski definition) is 1. The van der Waals surface area contributed by atoms with Crippen LogP contribution in [-0.4, -0.2) is 44.7 Å². The number of fused-ring (bicyclic) bond motifs is 1. The molecule has 0 spiro atoms. The van der Waals surface area contributed by atoms with E-state index in [2.05, 4.69) is 20.3 Å². The topological polar surface area (TPSA) is 63.1 Å². The van der Waals surface area contributed by atoms with Crippen molar-refractivity contribution in [1.82, 2.24) is 25.0 Å². The van der Waals surface area contributed by atoms with E-state index in [4.69, 9.17) is 11.6 Å². The highest BCUT2D eigenvalue weighted by atomic mass is 35.5. The maximum absolute atomic E-state index is 11.9. The summed E-state index contributed by atoms with van der Waals surface area (Å²) in [6, 6.07) is 6.13. The number of carbonyl (C=O) groups is 1. The van der Waals surface area contributed by atoms with Crippen molar-refractivity contribution < 1.29 is 4.79 Å². The summed E-state index contributed by atoms with van der Waals surface area (Å²) in [7, 11) is 0. The van der Waals surface area contributed by atoms with Gasteiger partial charge in [-0.25, -0.2) is 9.67 Å². The number of nitrogens with zero attached hydrogens (tertiary/aromatic N) is 4. The molecule has 2 aliphatic rings. The number of amides is 1. The van der Waals surface area contributed by atoms with Crippen LogP contribution in [0.1, 0.15) is 18.4 Å². The van der Waals surface area contributed by atoms with E-state index >= 15 is 0 Å². The molecule has 2 atom stereocenters. The van der Waals surface area contributed by atoms with E-state index in [9.17, 15) is 4.79 Å². The van der Waals surface area contributed by atoms with Gasteiger partial charge in [0, 0.05) is 24.2 Å². The molecule has 3 heterocycles. The minimum Gasteiger partial charge on any atom is -0.354 e. The fraction of sp³-hybridized carbons (Fsp3) is 0.438. The first kappa shape index (κ1) is 14.7. The highest BCUT2D eigenvalue weighted by Gasteiger charge is 2.40. The van der Waals surface area contributed by atoms with Crippen LogP contribution in [0.2, 0.25) is 5.02 Å². The predicted molar refractivity (Wildman–Crippen MR) is 86.3 cm³/mol. The highest BCUT2D eigenvalue weighted by Crippen LogP contribution is 2.30. The largest absolute Gasteiger partial charge is 0.354 e. The fourth-order valence-electron chi connectivity index (χ4n) is 3.67. The summed E-state index contributed by atoms with van der Waals surface area (Å²) in [5.41, 5.74) is 2.08. The molecular formula is C16H18ClN5O. The molecule has 1 N–H and O–H groups in total. The maximum Gasteiger partial charge on any atom is 0.224 e. The maximum atomic E-state index is 11.9. The Kier molecular flexibility index (Phi) is 3.79. The van der Waals surface area contributed by atoms with Crippen LogP contribution in [0.4, 0.5) is 0 Å². The lowest BCUT2D eigenvalue weighted by molar-refractivity contribution is -0.124. The molecule has 7 heteroatoms. The predicted octanol–water partition coefficient (Wildman–Crippen LogP) is 1.63. The van der Waals surface area contributed by atoms with Crippen LogP contribution in [-0.2, 0) is 11.3 Å². The smallest absolute Gasteiger partial charge is 0.224 e. The number of carbonyl (C=O) groups excluding carboxylic acids is 1. The molecule has 1 aromatic carbocycles. The van der Waals surface area contributed by atoms with Crippen LogP contribution in [0.15, 0.2) is 30.9 Å². The summed E-state index contributed by atoms with van der Waals surface area (Å²) < 4.78 is 1.74. The number of hydrogen-bond acceptors (Lipinski definition) is 4. The van der Waals surface area contributed by atoms with Crippen molar-refractivity contribution in [2.75, 3.05) is 13.1 Å². The number of aromatic nitrogens is 3. The standard InChI is InChI=1S/C16H18ClN5O/c17-12-4-3-11(14(6-12)22-10-18-9-20-22)8-21-5-1-2-13-15(21)7-19-16(13)23/h3-4,6,9-10,13,15H,1-2,5,7-8H2,(H,19,23)/t13-,15-/m1/s1. The van der Waals surface area contributed by atoms with Gasteiger partial charge in [-0.15, -0.1) is 0 Å². The zero-order valence-electron chi connectivity index (χ0n) is 12.7. The van der Waals surface area contributed by atoms with Crippen LogP contribution in [0.25, 0.3) is 5.69 Å². The Morgan fingerprint density at radius 1 is 1.39 bits per heavy atom. The van der Waals surface area contributed by atoms with Crippen molar-refractivity contribution in [2.45, 2.75) is 25.4 Å². The van der Waals surface area contributed by atoms with Crippen LogP contribution >= 0.6 is 11.6 Å². The first-order chi connectivity index (χ1) is 11.2. The van der Waals surface area contributed by atoms with Gasteiger partial charge in [0.05, 0.1) is 11.6 Å². The van der Waals surface area contributed by atoms with E-state index in [0.29, 0.717) is 5.02 Å². The average Bonchev–Trinajstić information content (AvgIpc) is 3.20. The molecular weight excluding hydrogens is 314 g/mol. The van der Waals surface area contributed by atoms with Crippen molar-refractivity contribution in [3.63, 3.8) is 0 Å². The third-order valence-corrected chi connectivity index (χ3v) is 5.04. The van der Waals surface area contributed by atoms with Gasteiger partial charge in [0.25, 0.3) is 0 Å². The van der Waals surface area contributed by atoms with E-state index in [1.807, 2.05) is 18.2 Å². The van der Waals surface area contributed by atoms with E-state index in [1.165, 1.54) is 6.33 Å². The molecule has 23 heavy (non-hydrogen) atoms. The summed E-state index contributed by atoms with van der Waals surface area (Å²) >= 11 is 6.15. The minimum atomic E-state index is 0.130. The zero-order valence-corrected chi connectivity index (χ0v) is 13.4. The van der Waals surface area contributed by atoms with Crippen molar-refractivity contribution >= 4 is 17.5 Å². The number of halogens is 1. The molecule has 120 valence electrons. The molecule has 4 rings (SSSR count). The Labute approximate surface area is 139 Å². The number of rotatable bonds is 3. The summed E-state index contributed by atoms with van der Waals surface area (Å²) in [6.07, 6.45) is 5.24. The summed E-state index contributed by atoms with van der Waals surface area (Å²) in [6.45, 7) is 2.54. The van der Waals surface area contributed by atoms with E-state index < -0.39 is 0 Å². The molecule has 2 saturated heterocycles. The number of nitrogens with one attached hydrogen (secondary N) is 1. The third-order valence-electron chi connectivity index (χ3n) is 4.80. The SMILES string of the molecule is O=C1NC[C@@H]2[C@H]1CCCN2Cc1ccc(Cl)cc1-n1cncn1. The Hall–Kier alpha value is -1.92. The summed E-state index contributed by atoms with van der Waals surface area (Å²) in [5, 5.41) is 7.90. The first-order valence-electron chi connectivity index (χ1n) is 7.87. The van der Waals surface area contributed by atoms with Gasteiger partial charge in [-0.1, -0.05) is 17.7 Å². The second-order valence-electron chi connectivity index (χ2n) is 6.14. The second kappa shape index (κ2) is 5.94. The molecule has 0 aliphatic carbocycles.